The number of halogens is 1. The average Bonchev–Trinajstić information content (AvgIpc) is 2.56. The van der Waals surface area contributed by atoms with Gasteiger partial charge in [0.05, 0.1) is 19.6 Å². The van der Waals surface area contributed by atoms with E-state index >= 15 is 0 Å². The minimum atomic E-state index is -0.0153. The van der Waals surface area contributed by atoms with Crippen LogP contribution in [0.4, 0.5) is 0 Å². The van der Waals surface area contributed by atoms with Crippen molar-refractivity contribution < 1.29 is 14.3 Å². The molecule has 23 heavy (non-hydrogen) atoms. The lowest BCUT2D eigenvalue weighted by Crippen LogP contribution is -2.19. The van der Waals surface area contributed by atoms with Crippen molar-refractivity contribution in [3.63, 3.8) is 0 Å². The Labute approximate surface area is 141 Å². The van der Waals surface area contributed by atoms with Gasteiger partial charge in [-0.2, -0.15) is 0 Å². The first-order valence-electron chi connectivity index (χ1n) is 7.48. The van der Waals surface area contributed by atoms with Gasteiger partial charge >= 0.3 is 0 Å². The molecule has 0 radical (unpaired) electrons. The van der Waals surface area contributed by atoms with E-state index in [-0.39, 0.29) is 5.91 Å². The summed E-state index contributed by atoms with van der Waals surface area (Å²) in [6.45, 7) is 1.12. The van der Waals surface area contributed by atoms with E-state index in [9.17, 15) is 4.79 Å². The lowest BCUT2D eigenvalue weighted by atomic mass is 10.1. The summed E-state index contributed by atoms with van der Waals surface area (Å²) in [6.07, 6.45) is 1.12. The number of carbonyl (C=O) groups excluding carboxylic acids is 1. The van der Waals surface area contributed by atoms with Crippen LogP contribution in [0, 0.1) is 0 Å². The molecule has 0 saturated carbocycles. The summed E-state index contributed by atoms with van der Waals surface area (Å²) in [5.41, 5.74) is 0.930. The fourth-order valence-electron chi connectivity index (χ4n) is 1.99. The number of carbonyl (C=O) groups is 1. The number of ether oxygens (including phenoxy) is 2. The average molecular weight is 334 g/mol. The normalized spacial score (nSPS) is 10.2. The summed E-state index contributed by atoms with van der Waals surface area (Å²) in [4.78, 5) is 11.4. The Morgan fingerprint density at radius 2 is 1.74 bits per heavy atom. The van der Waals surface area contributed by atoms with E-state index in [1.165, 1.54) is 0 Å². The molecule has 0 heterocycles. The third kappa shape index (κ3) is 6.20. The maximum absolute atomic E-state index is 11.4. The molecular formula is C18H20ClNO3. The predicted molar refractivity (Wildman–Crippen MR) is 91.3 cm³/mol. The first-order valence-corrected chi connectivity index (χ1v) is 7.86. The first-order chi connectivity index (χ1) is 11.2. The van der Waals surface area contributed by atoms with Crippen molar-refractivity contribution in [2.24, 2.45) is 0 Å². The second-order valence-corrected chi connectivity index (χ2v) is 5.44. The Morgan fingerprint density at radius 3 is 2.43 bits per heavy atom. The molecule has 2 rings (SSSR count). The monoisotopic (exact) mass is 333 g/mol. The minimum Gasteiger partial charge on any atom is -0.493 e. The molecule has 2 aromatic carbocycles. The van der Waals surface area contributed by atoms with Crippen molar-refractivity contribution in [3.05, 3.63) is 59.1 Å². The van der Waals surface area contributed by atoms with Crippen molar-refractivity contribution in [2.75, 3.05) is 20.3 Å². The summed E-state index contributed by atoms with van der Waals surface area (Å²) in [5, 5.41) is 3.30. The van der Waals surface area contributed by atoms with Crippen LogP contribution in [0.3, 0.4) is 0 Å². The Morgan fingerprint density at radius 1 is 1.04 bits per heavy atom. The molecule has 0 aliphatic rings. The number of hydrogen-bond acceptors (Lipinski definition) is 3. The van der Waals surface area contributed by atoms with E-state index < -0.39 is 0 Å². The SMILES string of the molecule is CNC(=O)Cc1cccc(OCCCOc2ccc(Cl)cc2)c1. The van der Waals surface area contributed by atoms with Crippen LogP contribution in [0.1, 0.15) is 12.0 Å². The smallest absolute Gasteiger partial charge is 0.224 e. The molecule has 5 heteroatoms. The van der Waals surface area contributed by atoms with E-state index in [4.69, 9.17) is 21.1 Å². The highest BCUT2D eigenvalue weighted by Gasteiger charge is 2.02. The lowest BCUT2D eigenvalue weighted by molar-refractivity contribution is -0.119. The van der Waals surface area contributed by atoms with Crippen LogP contribution < -0.4 is 14.8 Å². The van der Waals surface area contributed by atoms with Gasteiger partial charge in [0.1, 0.15) is 11.5 Å². The fourth-order valence-corrected chi connectivity index (χ4v) is 2.11. The lowest BCUT2D eigenvalue weighted by Gasteiger charge is -2.09. The zero-order chi connectivity index (χ0) is 16.5. The van der Waals surface area contributed by atoms with Gasteiger partial charge in [-0.05, 0) is 42.0 Å². The highest BCUT2D eigenvalue weighted by atomic mass is 35.5. The number of nitrogens with one attached hydrogen (secondary N) is 1. The van der Waals surface area contributed by atoms with E-state index in [1.807, 2.05) is 36.4 Å². The maximum atomic E-state index is 11.4. The van der Waals surface area contributed by atoms with Gasteiger partial charge in [0.2, 0.25) is 5.91 Å². The van der Waals surface area contributed by atoms with Crippen LogP contribution in [0.5, 0.6) is 11.5 Å². The number of rotatable bonds is 8. The summed E-state index contributed by atoms with van der Waals surface area (Å²) in [5.74, 6) is 1.54. The molecule has 0 aromatic heterocycles. The molecule has 0 fully saturated rings. The number of amides is 1. The Hall–Kier alpha value is -2.20. The number of likely N-dealkylation sites (N-methyl/N-ethyl adjacent to an activating group) is 1. The van der Waals surface area contributed by atoms with E-state index in [1.54, 1.807) is 19.2 Å². The first kappa shape index (κ1) is 17.2. The Kier molecular flexibility index (Phi) is 6.76. The highest BCUT2D eigenvalue weighted by Crippen LogP contribution is 2.16. The van der Waals surface area contributed by atoms with Crippen molar-refractivity contribution >= 4 is 17.5 Å². The van der Waals surface area contributed by atoms with Gasteiger partial charge in [-0.25, -0.2) is 0 Å². The van der Waals surface area contributed by atoms with Gasteiger partial charge < -0.3 is 14.8 Å². The van der Waals surface area contributed by atoms with Crippen LogP contribution >= 0.6 is 11.6 Å². The van der Waals surface area contributed by atoms with Crippen molar-refractivity contribution in [2.45, 2.75) is 12.8 Å². The Bertz CT molecular complexity index is 628. The standard InChI is InChI=1S/C18H20ClNO3/c1-20-18(21)13-14-4-2-5-17(12-14)23-11-3-10-22-16-8-6-15(19)7-9-16/h2,4-9,12H,3,10-11,13H2,1H3,(H,20,21). The minimum absolute atomic E-state index is 0.0153. The van der Waals surface area contributed by atoms with Gasteiger partial charge in [-0.1, -0.05) is 23.7 Å². The Balaban J connectivity index is 1.70. The van der Waals surface area contributed by atoms with Crippen molar-refractivity contribution in [1.29, 1.82) is 0 Å². The van der Waals surface area contributed by atoms with Gasteiger partial charge in [0.25, 0.3) is 0 Å². The second-order valence-electron chi connectivity index (χ2n) is 5.00. The topological polar surface area (TPSA) is 47.6 Å². The molecule has 0 unspecified atom stereocenters. The molecule has 0 aliphatic heterocycles. The summed E-state index contributed by atoms with van der Waals surface area (Å²) in [7, 11) is 1.63. The molecule has 4 nitrogen and oxygen atoms in total. The third-order valence-electron chi connectivity index (χ3n) is 3.18. The third-order valence-corrected chi connectivity index (χ3v) is 3.43. The van der Waals surface area contributed by atoms with Crippen molar-refractivity contribution in [3.8, 4) is 11.5 Å². The number of benzene rings is 2. The van der Waals surface area contributed by atoms with Crippen LogP contribution in [0.15, 0.2) is 48.5 Å². The molecule has 0 aliphatic carbocycles. The van der Waals surface area contributed by atoms with Crippen molar-refractivity contribution in [1.82, 2.24) is 5.32 Å². The van der Waals surface area contributed by atoms with Crippen LogP contribution in [-0.4, -0.2) is 26.2 Å². The molecule has 122 valence electrons. The fraction of sp³-hybridized carbons (Fsp3) is 0.278. The zero-order valence-electron chi connectivity index (χ0n) is 13.0. The molecule has 0 spiro atoms. The van der Waals surface area contributed by atoms with Crippen LogP contribution in [0.2, 0.25) is 5.02 Å². The summed E-state index contributed by atoms with van der Waals surface area (Å²) < 4.78 is 11.3. The quantitative estimate of drug-likeness (QED) is 0.752. The predicted octanol–water partition coefficient (Wildman–Crippen LogP) is 3.48. The molecule has 0 bridgehead atoms. The molecule has 1 amide bonds. The number of hydrogen-bond donors (Lipinski definition) is 1. The highest BCUT2D eigenvalue weighted by molar-refractivity contribution is 6.30. The van der Waals surface area contributed by atoms with E-state index in [2.05, 4.69) is 5.32 Å². The van der Waals surface area contributed by atoms with Gasteiger partial charge in [-0.15, -0.1) is 0 Å². The second kappa shape index (κ2) is 9.06. The summed E-state index contributed by atoms with van der Waals surface area (Å²) >= 11 is 5.82. The molecular weight excluding hydrogens is 314 g/mol. The largest absolute Gasteiger partial charge is 0.493 e. The van der Waals surface area contributed by atoms with Crippen LogP contribution in [-0.2, 0) is 11.2 Å². The van der Waals surface area contributed by atoms with E-state index in [0.717, 1.165) is 23.5 Å². The molecule has 1 N–H and O–H groups in total. The molecule has 2 aromatic rings. The van der Waals surface area contributed by atoms with E-state index in [0.29, 0.717) is 24.7 Å². The summed E-state index contributed by atoms with van der Waals surface area (Å²) in [6, 6.07) is 14.8. The van der Waals surface area contributed by atoms with Gasteiger partial charge in [-0.3, -0.25) is 4.79 Å². The molecule has 0 atom stereocenters. The zero-order valence-corrected chi connectivity index (χ0v) is 13.8. The molecule has 0 saturated heterocycles. The van der Waals surface area contributed by atoms with Crippen LogP contribution in [0.25, 0.3) is 0 Å². The van der Waals surface area contributed by atoms with Gasteiger partial charge in [0.15, 0.2) is 0 Å². The maximum Gasteiger partial charge on any atom is 0.224 e. The van der Waals surface area contributed by atoms with Gasteiger partial charge in [0, 0.05) is 18.5 Å².